The van der Waals surface area contributed by atoms with Crippen molar-refractivity contribution in [2.45, 2.75) is 33.4 Å². The topological polar surface area (TPSA) is 76.5 Å². The number of nitrogens with zero attached hydrogens (tertiary/aromatic N) is 3. The predicted octanol–water partition coefficient (Wildman–Crippen LogP) is 3.40. The Hall–Kier alpha value is -3.35. The van der Waals surface area contributed by atoms with Crippen molar-refractivity contribution in [1.82, 2.24) is 19.8 Å². The van der Waals surface area contributed by atoms with Gasteiger partial charge in [-0.15, -0.1) is 0 Å². The van der Waals surface area contributed by atoms with Crippen molar-refractivity contribution >= 4 is 22.8 Å². The fraction of sp³-hybridized carbons (Fsp3) is 0.348. The molecule has 0 aliphatic rings. The largest absolute Gasteiger partial charge is 0.497 e. The van der Waals surface area contributed by atoms with Gasteiger partial charge in [-0.2, -0.15) is 0 Å². The molecule has 7 nitrogen and oxygen atoms in total. The number of para-hydroxylation sites is 2. The van der Waals surface area contributed by atoms with Gasteiger partial charge in [0.2, 0.25) is 5.91 Å². The Morgan fingerprint density at radius 2 is 1.77 bits per heavy atom. The number of likely N-dealkylation sites (N-methyl/N-ethyl adjacent to an activating group) is 1. The fourth-order valence-corrected chi connectivity index (χ4v) is 3.49. The molecule has 0 spiro atoms. The van der Waals surface area contributed by atoms with E-state index in [0.29, 0.717) is 30.2 Å². The van der Waals surface area contributed by atoms with Gasteiger partial charge in [0.05, 0.1) is 24.2 Å². The molecule has 0 saturated heterocycles. The van der Waals surface area contributed by atoms with Crippen molar-refractivity contribution in [2.75, 3.05) is 20.2 Å². The number of aromatic nitrogens is 2. The third-order valence-corrected chi connectivity index (χ3v) is 5.18. The number of carbonyl (C=O) groups excluding carboxylic acids is 2. The summed E-state index contributed by atoms with van der Waals surface area (Å²) < 4.78 is 7.04. The van der Waals surface area contributed by atoms with Crippen LogP contribution in [0.2, 0.25) is 0 Å². The van der Waals surface area contributed by atoms with E-state index in [9.17, 15) is 9.59 Å². The average Bonchev–Trinajstić information content (AvgIpc) is 3.13. The van der Waals surface area contributed by atoms with Crippen molar-refractivity contribution in [2.24, 2.45) is 0 Å². The van der Waals surface area contributed by atoms with Gasteiger partial charge < -0.3 is 19.5 Å². The van der Waals surface area contributed by atoms with Gasteiger partial charge in [0.15, 0.2) is 0 Å². The van der Waals surface area contributed by atoms with Crippen LogP contribution in [0.4, 0.5) is 0 Å². The maximum Gasteiger partial charge on any atom is 0.251 e. The molecule has 0 aliphatic heterocycles. The lowest BCUT2D eigenvalue weighted by molar-refractivity contribution is -0.131. The lowest BCUT2D eigenvalue weighted by atomic mass is 10.2. The molecule has 1 heterocycles. The highest BCUT2D eigenvalue weighted by atomic mass is 16.5. The summed E-state index contributed by atoms with van der Waals surface area (Å²) in [5, 5.41) is 2.99. The summed E-state index contributed by atoms with van der Waals surface area (Å²) in [5.74, 6) is 1.16. The van der Waals surface area contributed by atoms with E-state index < -0.39 is 0 Å². The maximum atomic E-state index is 12.8. The molecule has 1 N–H and O–H groups in total. The molecule has 7 heteroatoms. The second kappa shape index (κ2) is 9.43. The van der Waals surface area contributed by atoms with Gasteiger partial charge in [-0.05, 0) is 57.2 Å². The van der Waals surface area contributed by atoms with Gasteiger partial charge in [-0.3, -0.25) is 9.59 Å². The molecule has 0 bridgehead atoms. The molecule has 1 unspecified atom stereocenters. The van der Waals surface area contributed by atoms with Crippen LogP contribution in [-0.4, -0.2) is 46.5 Å². The Balaban J connectivity index is 1.88. The highest BCUT2D eigenvalue weighted by Gasteiger charge is 2.21. The van der Waals surface area contributed by atoms with E-state index in [1.807, 2.05) is 49.6 Å². The molecular weight excluding hydrogens is 380 g/mol. The summed E-state index contributed by atoms with van der Waals surface area (Å²) in [6.07, 6.45) is 0. The van der Waals surface area contributed by atoms with Gasteiger partial charge in [0.1, 0.15) is 18.1 Å². The number of rotatable bonds is 8. The first-order chi connectivity index (χ1) is 14.5. The molecule has 1 aromatic heterocycles. The van der Waals surface area contributed by atoms with Crippen molar-refractivity contribution < 1.29 is 14.3 Å². The second-order valence-corrected chi connectivity index (χ2v) is 7.03. The Bertz CT molecular complexity index is 1020. The molecule has 1 atom stereocenters. The quantitative estimate of drug-likeness (QED) is 0.620. The van der Waals surface area contributed by atoms with Crippen LogP contribution in [0.15, 0.2) is 48.5 Å². The fourth-order valence-electron chi connectivity index (χ4n) is 3.49. The number of nitrogens with one attached hydrogen (secondary N) is 1. The van der Waals surface area contributed by atoms with Gasteiger partial charge in [0.25, 0.3) is 5.91 Å². The number of fused-ring (bicyclic) bond motifs is 1. The minimum absolute atomic E-state index is 0.0260. The summed E-state index contributed by atoms with van der Waals surface area (Å²) in [6, 6.07) is 14.2. The lowest BCUT2D eigenvalue weighted by Gasteiger charge is -2.21. The van der Waals surface area contributed by atoms with Crippen LogP contribution in [0.25, 0.3) is 11.0 Å². The van der Waals surface area contributed by atoms with Gasteiger partial charge >= 0.3 is 0 Å². The zero-order valence-corrected chi connectivity index (χ0v) is 17.9. The Morgan fingerprint density at radius 3 is 2.40 bits per heavy atom. The molecule has 3 aromatic rings. The summed E-state index contributed by atoms with van der Waals surface area (Å²) in [5.41, 5.74) is 2.20. The molecule has 0 aliphatic carbocycles. The number of benzene rings is 2. The molecule has 3 rings (SSSR count). The van der Waals surface area contributed by atoms with Crippen LogP contribution in [0, 0.1) is 0 Å². The molecule has 158 valence electrons. The standard InChI is InChI=1S/C23H28N4O3/c1-5-26(6-2)21(28)15-27-20-10-8-7-9-19(20)25-22(27)16(3)24-23(29)17-11-13-18(30-4)14-12-17/h7-14,16H,5-6,15H2,1-4H3,(H,24,29). The van der Waals surface area contributed by atoms with Gasteiger partial charge in [-0.1, -0.05) is 12.1 Å². The van der Waals surface area contributed by atoms with Crippen molar-refractivity contribution in [1.29, 1.82) is 0 Å². The summed E-state index contributed by atoms with van der Waals surface area (Å²) in [6.45, 7) is 7.29. The third kappa shape index (κ3) is 4.45. The van der Waals surface area contributed by atoms with E-state index >= 15 is 0 Å². The van der Waals surface area contributed by atoms with E-state index in [1.54, 1.807) is 36.3 Å². The monoisotopic (exact) mass is 408 g/mol. The summed E-state index contributed by atoms with van der Waals surface area (Å²) in [7, 11) is 1.58. The number of ether oxygens (including phenoxy) is 1. The molecule has 2 amide bonds. The van der Waals surface area contributed by atoms with Crippen molar-refractivity contribution in [3.63, 3.8) is 0 Å². The number of imidazole rings is 1. The predicted molar refractivity (Wildman–Crippen MR) is 117 cm³/mol. The minimum atomic E-state index is -0.378. The average molecular weight is 409 g/mol. The minimum Gasteiger partial charge on any atom is -0.497 e. The van der Waals surface area contributed by atoms with E-state index in [4.69, 9.17) is 9.72 Å². The number of amides is 2. The first kappa shape index (κ1) is 21.4. The van der Waals surface area contributed by atoms with E-state index in [0.717, 1.165) is 11.0 Å². The van der Waals surface area contributed by atoms with Crippen LogP contribution in [0.3, 0.4) is 0 Å². The van der Waals surface area contributed by atoms with Crippen LogP contribution in [-0.2, 0) is 11.3 Å². The smallest absolute Gasteiger partial charge is 0.251 e. The van der Waals surface area contributed by atoms with Gasteiger partial charge in [0, 0.05) is 18.7 Å². The van der Waals surface area contributed by atoms with Crippen LogP contribution in [0.5, 0.6) is 5.75 Å². The number of hydrogen-bond donors (Lipinski definition) is 1. The normalized spacial score (nSPS) is 11.9. The van der Waals surface area contributed by atoms with Crippen molar-refractivity contribution in [3.05, 3.63) is 59.9 Å². The highest BCUT2D eigenvalue weighted by Crippen LogP contribution is 2.22. The highest BCUT2D eigenvalue weighted by molar-refractivity contribution is 5.94. The molecule has 0 saturated carbocycles. The number of methoxy groups -OCH3 is 1. The first-order valence-electron chi connectivity index (χ1n) is 10.2. The van der Waals surface area contributed by atoms with E-state index in [2.05, 4.69) is 5.32 Å². The summed E-state index contributed by atoms with van der Waals surface area (Å²) >= 11 is 0. The molecule has 30 heavy (non-hydrogen) atoms. The third-order valence-electron chi connectivity index (χ3n) is 5.18. The Labute approximate surface area is 176 Å². The van der Waals surface area contributed by atoms with Gasteiger partial charge in [-0.25, -0.2) is 4.98 Å². The summed E-state index contributed by atoms with van der Waals surface area (Å²) in [4.78, 5) is 32.0. The molecular formula is C23H28N4O3. The van der Waals surface area contributed by atoms with E-state index in [-0.39, 0.29) is 24.4 Å². The SMILES string of the molecule is CCN(CC)C(=O)Cn1c(C(C)NC(=O)c2ccc(OC)cc2)nc2ccccc21. The Kier molecular flexibility index (Phi) is 6.72. The molecule has 0 radical (unpaired) electrons. The lowest BCUT2D eigenvalue weighted by Crippen LogP contribution is -2.35. The Morgan fingerprint density at radius 1 is 1.10 bits per heavy atom. The van der Waals surface area contributed by atoms with Crippen LogP contribution in [0.1, 0.15) is 43.0 Å². The zero-order chi connectivity index (χ0) is 21.7. The second-order valence-electron chi connectivity index (χ2n) is 7.03. The van der Waals surface area contributed by atoms with Crippen LogP contribution >= 0.6 is 0 Å². The van der Waals surface area contributed by atoms with E-state index in [1.165, 1.54) is 0 Å². The number of carbonyl (C=O) groups is 2. The zero-order valence-electron chi connectivity index (χ0n) is 17.9. The first-order valence-corrected chi connectivity index (χ1v) is 10.2. The molecule has 2 aromatic carbocycles. The molecule has 0 fully saturated rings. The van der Waals surface area contributed by atoms with Crippen LogP contribution < -0.4 is 10.1 Å². The number of hydrogen-bond acceptors (Lipinski definition) is 4. The maximum absolute atomic E-state index is 12.8. The van der Waals surface area contributed by atoms with Crippen molar-refractivity contribution in [3.8, 4) is 5.75 Å².